The number of imidazole rings is 1. The predicted molar refractivity (Wildman–Crippen MR) is 90.6 cm³/mol. The molecule has 0 bridgehead atoms. The van der Waals surface area contributed by atoms with E-state index >= 15 is 0 Å². The van der Waals surface area contributed by atoms with Gasteiger partial charge in [-0.3, -0.25) is 0 Å². The van der Waals surface area contributed by atoms with Crippen molar-refractivity contribution in [2.45, 2.75) is 6.92 Å². The molecule has 2 aromatic heterocycles. The summed E-state index contributed by atoms with van der Waals surface area (Å²) >= 11 is 1.27. The minimum Gasteiger partial charge on any atom is -0.507 e. The zero-order valence-electron chi connectivity index (χ0n) is 12.7. The van der Waals surface area contributed by atoms with E-state index < -0.39 is 12.6 Å². The van der Waals surface area contributed by atoms with Crippen LogP contribution in [0.5, 0.6) is 0 Å². The van der Waals surface area contributed by atoms with Gasteiger partial charge < -0.3 is 14.8 Å². The smallest absolute Gasteiger partial charge is 0.349 e. The molecule has 0 atom stereocenters. The van der Waals surface area contributed by atoms with Gasteiger partial charge in [-0.1, -0.05) is 12.1 Å². The highest BCUT2D eigenvalue weighted by Crippen LogP contribution is 2.20. The summed E-state index contributed by atoms with van der Waals surface area (Å²) < 4.78 is 5.08. The number of aromatic amines is 1. The van der Waals surface area contributed by atoms with Gasteiger partial charge in [0, 0.05) is 0 Å². The summed E-state index contributed by atoms with van der Waals surface area (Å²) in [7, 11) is 0. The molecule has 3 rings (SSSR count). The van der Waals surface area contributed by atoms with E-state index in [-0.39, 0.29) is 17.2 Å². The van der Waals surface area contributed by atoms with Crippen LogP contribution in [0.2, 0.25) is 0 Å². The molecule has 24 heavy (non-hydrogen) atoms. The molecule has 0 aliphatic rings. The molecular weight excluding hydrogens is 326 g/mol. The number of allylic oxidation sites excluding steroid dienone is 1. The number of hydrogen-bond donors (Lipinski definition) is 2. The molecule has 0 aliphatic carbocycles. The Bertz CT molecular complexity index is 945. The third-order valence-electron chi connectivity index (χ3n) is 3.41. The van der Waals surface area contributed by atoms with Crippen molar-refractivity contribution in [2.75, 3.05) is 6.61 Å². The van der Waals surface area contributed by atoms with E-state index in [1.165, 1.54) is 11.3 Å². The fraction of sp³-hybridized carbons (Fsp3) is 0.118. The molecule has 3 aromatic rings. The van der Waals surface area contributed by atoms with Crippen LogP contribution in [0.4, 0.5) is 0 Å². The zero-order valence-corrected chi connectivity index (χ0v) is 13.6. The number of aliphatic hydroxyl groups excluding tert-OH is 1. The van der Waals surface area contributed by atoms with Crippen LogP contribution >= 0.6 is 11.3 Å². The van der Waals surface area contributed by atoms with Crippen molar-refractivity contribution in [3.8, 4) is 6.07 Å². The molecule has 0 spiro atoms. The van der Waals surface area contributed by atoms with Gasteiger partial charge in [-0.2, -0.15) is 5.26 Å². The molecule has 0 saturated carbocycles. The average molecular weight is 339 g/mol. The van der Waals surface area contributed by atoms with E-state index in [0.29, 0.717) is 10.4 Å². The molecule has 0 amide bonds. The Kier molecular flexibility index (Phi) is 4.31. The normalized spacial score (nSPS) is 11.8. The molecule has 6 nitrogen and oxygen atoms in total. The third kappa shape index (κ3) is 3.00. The maximum Gasteiger partial charge on any atom is 0.349 e. The van der Waals surface area contributed by atoms with Gasteiger partial charge in [-0.05, 0) is 36.1 Å². The topological polar surface area (TPSA) is 99.0 Å². The lowest BCUT2D eigenvalue weighted by Gasteiger charge is -2.05. The Labute approximate surface area is 141 Å². The van der Waals surface area contributed by atoms with Crippen molar-refractivity contribution in [3.63, 3.8) is 0 Å². The van der Waals surface area contributed by atoms with E-state index in [1.807, 2.05) is 30.3 Å². The summed E-state index contributed by atoms with van der Waals surface area (Å²) in [5.74, 6) is -0.644. The van der Waals surface area contributed by atoms with Gasteiger partial charge in [0.2, 0.25) is 0 Å². The maximum atomic E-state index is 12.0. The average Bonchev–Trinajstić information content (AvgIpc) is 3.19. The highest BCUT2D eigenvalue weighted by Gasteiger charge is 2.17. The minimum absolute atomic E-state index is 0.0538. The largest absolute Gasteiger partial charge is 0.507 e. The van der Waals surface area contributed by atoms with Crippen LogP contribution in [-0.4, -0.2) is 27.7 Å². The molecule has 0 radical (unpaired) electrons. The van der Waals surface area contributed by atoms with Crippen LogP contribution < -0.4 is 0 Å². The van der Waals surface area contributed by atoms with Crippen LogP contribution in [0.1, 0.15) is 21.1 Å². The van der Waals surface area contributed by atoms with Gasteiger partial charge in [-0.25, -0.2) is 9.78 Å². The molecule has 2 heterocycles. The number of fused-ring (bicyclic) bond motifs is 1. The van der Waals surface area contributed by atoms with Crippen LogP contribution in [0, 0.1) is 18.3 Å². The van der Waals surface area contributed by atoms with Crippen LogP contribution in [0.3, 0.4) is 0 Å². The van der Waals surface area contributed by atoms with Gasteiger partial charge in [0.15, 0.2) is 11.6 Å². The third-order valence-corrected chi connectivity index (χ3v) is 4.41. The number of ether oxygens (including phenoxy) is 1. The quantitative estimate of drug-likeness (QED) is 0.430. The number of aromatic nitrogens is 2. The summed E-state index contributed by atoms with van der Waals surface area (Å²) in [6.45, 7) is 1.41. The first-order chi connectivity index (χ1) is 11.6. The summed E-state index contributed by atoms with van der Waals surface area (Å²) in [6, 6.07) is 11.0. The fourth-order valence-corrected chi connectivity index (χ4v) is 3.00. The summed E-state index contributed by atoms with van der Waals surface area (Å²) in [5, 5.41) is 21.2. The number of esters is 1. The number of carbonyl (C=O) groups excluding carboxylic acids is 1. The Morgan fingerprint density at radius 1 is 1.42 bits per heavy atom. The van der Waals surface area contributed by atoms with E-state index in [2.05, 4.69) is 9.97 Å². The van der Waals surface area contributed by atoms with E-state index in [0.717, 1.165) is 11.1 Å². The first kappa shape index (κ1) is 15.8. The molecule has 1 aromatic carbocycles. The van der Waals surface area contributed by atoms with Crippen LogP contribution in [0.25, 0.3) is 16.6 Å². The molecule has 0 aliphatic heterocycles. The number of benzene rings is 1. The molecule has 0 unspecified atom stereocenters. The second-order valence-electron chi connectivity index (χ2n) is 5.04. The molecule has 0 saturated heterocycles. The lowest BCUT2D eigenvalue weighted by molar-refractivity contribution is 0.0507. The minimum atomic E-state index is -0.532. The number of aliphatic hydroxyl groups is 1. The number of carbonyl (C=O) groups is 1. The first-order valence-corrected chi connectivity index (χ1v) is 7.96. The summed E-state index contributed by atoms with van der Waals surface area (Å²) in [5.41, 5.74) is 2.19. The molecule has 120 valence electrons. The highest BCUT2D eigenvalue weighted by molar-refractivity contribution is 7.12. The number of aryl methyl sites for hydroxylation is 1. The predicted octanol–water partition coefficient (Wildman–Crippen LogP) is 3.58. The van der Waals surface area contributed by atoms with Crippen LogP contribution in [0.15, 0.2) is 41.5 Å². The van der Waals surface area contributed by atoms with Crippen molar-refractivity contribution in [1.29, 1.82) is 5.26 Å². The van der Waals surface area contributed by atoms with Gasteiger partial charge in [-0.15, -0.1) is 11.3 Å². The van der Waals surface area contributed by atoms with E-state index in [4.69, 9.17) is 4.74 Å². The molecule has 2 N–H and O–H groups in total. The number of nitriles is 1. The summed E-state index contributed by atoms with van der Waals surface area (Å²) in [6.07, 6.45) is 0. The summed E-state index contributed by atoms with van der Waals surface area (Å²) in [4.78, 5) is 19.7. The Balaban J connectivity index is 1.81. The second kappa shape index (κ2) is 6.56. The van der Waals surface area contributed by atoms with Crippen molar-refractivity contribution in [1.82, 2.24) is 9.97 Å². The lowest BCUT2D eigenvalue weighted by Crippen LogP contribution is -2.09. The standard InChI is InChI=1S/C17H13N3O3S/c1-10-6-7-24-15(10)17(22)23-9-14(21)11(8-18)16-19-12-4-2-3-5-13(12)20-16/h2-7,21H,9H2,1H3,(H,19,20)/b14-11-. The zero-order chi connectivity index (χ0) is 17.1. The number of H-pyrrole nitrogens is 1. The number of thiophene rings is 1. The first-order valence-electron chi connectivity index (χ1n) is 7.08. The number of para-hydroxylation sites is 2. The number of hydrogen-bond acceptors (Lipinski definition) is 6. The van der Waals surface area contributed by atoms with E-state index in [1.54, 1.807) is 18.4 Å². The Morgan fingerprint density at radius 3 is 2.88 bits per heavy atom. The Morgan fingerprint density at radius 2 is 2.21 bits per heavy atom. The molecule has 0 fully saturated rings. The van der Waals surface area contributed by atoms with Gasteiger partial charge in [0.1, 0.15) is 23.1 Å². The van der Waals surface area contributed by atoms with Gasteiger partial charge >= 0.3 is 5.97 Å². The van der Waals surface area contributed by atoms with Crippen molar-refractivity contribution >= 4 is 33.9 Å². The monoisotopic (exact) mass is 339 g/mol. The number of nitrogens with zero attached hydrogens (tertiary/aromatic N) is 2. The van der Waals surface area contributed by atoms with Crippen molar-refractivity contribution < 1.29 is 14.6 Å². The highest BCUT2D eigenvalue weighted by atomic mass is 32.1. The van der Waals surface area contributed by atoms with Gasteiger partial charge in [0.05, 0.1) is 11.0 Å². The number of nitrogens with one attached hydrogen (secondary N) is 1. The van der Waals surface area contributed by atoms with Crippen LogP contribution in [-0.2, 0) is 4.74 Å². The molecule has 7 heteroatoms. The van der Waals surface area contributed by atoms with Crippen molar-refractivity contribution in [3.05, 3.63) is 57.7 Å². The lowest BCUT2D eigenvalue weighted by atomic mass is 10.2. The maximum absolute atomic E-state index is 12.0. The van der Waals surface area contributed by atoms with Crippen molar-refractivity contribution in [2.24, 2.45) is 0 Å². The SMILES string of the molecule is Cc1ccsc1C(=O)OC/C(O)=C(\C#N)c1nc2ccccc2[nH]1. The van der Waals surface area contributed by atoms with E-state index in [9.17, 15) is 15.2 Å². The second-order valence-corrected chi connectivity index (χ2v) is 5.96. The fourth-order valence-electron chi connectivity index (χ4n) is 2.18. The Hall–Kier alpha value is -3.11. The van der Waals surface area contributed by atoms with Gasteiger partial charge in [0.25, 0.3) is 0 Å². The molecular formula is C17H13N3O3S. The number of rotatable bonds is 4.